The average Bonchev–Trinajstić information content (AvgIpc) is 3.40. The molecular weight excluding hydrogens is 334 g/mol. The van der Waals surface area contributed by atoms with Gasteiger partial charge in [0, 0.05) is 43.2 Å². The highest BCUT2D eigenvalue weighted by Crippen LogP contribution is 2.41. The molecule has 1 spiro atoms. The first-order valence-electron chi connectivity index (χ1n) is 10.5. The Morgan fingerprint density at radius 1 is 1.19 bits per heavy atom. The first kappa shape index (κ1) is 17.2. The number of carbonyl (C=O) groups is 1. The first-order chi connectivity index (χ1) is 13.1. The maximum atomic E-state index is 13.4. The summed E-state index contributed by atoms with van der Waals surface area (Å²) in [5.74, 6) is 1.13. The van der Waals surface area contributed by atoms with E-state index in [9.17, 15) is 4.79 Å². The molecule has 4 nitrogen and oxygen atoms in total. The number of rotatable bonds is 3. The highest BCUT2D eigenvalue weighted by molar-refractivity contribution is 6.06. The maximum absolute atomic E-state index is 13.4. The van der Waals surface area contributed by atoms with Gasteiger partial charge in [0.05, 0.1) is 11.1 Å². The van der Waals surface area contributed by atoms with Crippen molar-refractivity contribution in [2.75, 3.05) is 32.7 Å². The van der Waals surface area contributed by atoms with E-state index in [-0.39, 0.29) is 5.91 Å². The van der Waals surface area contributed by atoms with Gasteiger partial charge in [-0.15, -0.1) is 0 Å². The second-order valence-electron chi connectivity index (χ2n) is 9.14. The topological polar surface area (TPSA) is 36.4 Å². The van der Waals surface area contributed by atoms with E-state index in [1.165, 1.54) is 50.9 Å². The Hall–Kier alpha value is -1.94. The monoisotopic (exact) mass is 363 g/mol. The number of carbonyl (C=O) groups excluding carboxylic acids is 1. The minimum absolute atomic E-state index is 0.184. The van der Waals surface area contributed by atoms with Gasteiger partial charge in [0.2, 0.25) is 0 Å². The highest BCUT2D eigenvalue weighted by Gasteiger charge is 2.43. The zero-order valence-electron chi connectivity index (χ0n) is 16.3. The van der Waals surface area contributed by atoms with Gasteiger partial charge in [0.1, 0.15) is 0 Å². The summed E-state index contributed by atoms with van der Waals surface area (Å²) in [5, 5.41) is 0.988. The highest BCUT2D eigenvalue weighted by atomic mass is 16.2. The van der Waals surface area contributed by atoms with E-state index in [0.29, 0.717) is 5.41 Å². The molecule has 5 rings (SSSR count). The summed E-state index contributed by atoms with van der Waals surface area (Å²) in [6.45, 7) is 7.60. The van der Waals surface area contributed by atoms with Gasteiger partial charge in [-0.3, -0.25) is 9.78 Å². The molecule has 0 radical (unpaired) electrons. The molecule has 2 aliphatic heterocycles. The van der Waals surface area contributed by atoms with Crippen molar-refractivity contribution in [2.45, 2.75) is 39.0 Å². The molecule has 142 valence electrons. The molecule has 27 heavy (non-hydrogen) atoms. The number of aromatic nitrogens is 1. The molecule has 1 atom stereocenters. The molecule has 3 aliphatic rings. The minimum atomic E-state index is 0.184. The van der Waals surface area contributed by atoms with Crippen molar-refractivity contribution < 1.29 is 4.79 Å². The second kappa shape index (κ2) is 6.59. The van der Waals surface area contributed by atoms with Crippen LogP contribution in [0.25, 0.3) is 10.9 Å². The third-order valence-electron chi connectivity index (χ3n) is 6.81. The Morgan fingerprint density at radius 2 is 2.07 bits per heavy atom. The molecule has 1 aliphatic carbocycles. The third-order valence-corrected chi connectivity index (χ3v) is 6.81. The minimum Gasteiger partial charge on any atom is -0.338 e. The van der Waals surface area contributed by atoms with Gasteiger partial charge in [-0.05, 0) is 69.7 Å². The van der Waals surface area contributed by atoms with Gasteiger partial charge in [-0.25, -0.2) is 0 Å². The fourth-order valence-electron chi connectivity index (χ4n) is 5.19. The number of hydrogen-bond acceptors (Lipinski definition) is 3. The molecule has 3 fully saturated rings. The Balaban J connectivity index is 1.35. The van der Waals surface area contributed by atoms with Crippen LogP contribution in [0.2, 0.25) is 0 Å². The van der Waals surface area contributed by atoms with Crippen LogP contribution in [-0.4, -0.2) is 53.4 Å². The quantitative estimate of drug-likeness (QED) is 0.830. The number of nitrogens with zero attached hydrogens (tertiary/aromatic N) is 3. The molecular formula is C23H29N3O. The normalized spacial score (nSPS) is 26.2. The molecule has 1 aromatic carbocycles. The van der Waals surface area contributed by atoms with Crippen LogP contribution in [-0.2, 0) is 0 Å². The molecule has 0 N–H and O–H groups in total. The number of pyridine rings is 1. The average molecular weight is 364 g/mol. The molecule has 3 heterocycles. The van der Waals surface area contributed by atoms with Crippen molar-refractivity contribution >= 4 is 16.8 Å². The van der Waals surface area contributed by atoms with Gasteiger partial charge in [0.15, 0.2) is 0 Å². The molecule has 1 aromatic heterocycles. The van der Waals surface area contributed by atoms with Crippen LogP contribution >= 0.6 is 0 Å². The van der Waals surface area contributed by atoms with Crippen LogP contribution < -0.4 is 0 Å². The molecule has 1 amide bonds. The third kappa shape index (κ3) is 3.36. The predicted molar refractivity (Wildman–Crippen MR) is 108 cm³/mol. The predicted octanol–water partition coefficient (Wildman–Crippen LogP) is 3.88. The largest absolute Gasteiger partial charge is 0.338 e. The number of hydrogen-bond donors (Lipinski definition) is 0. The van der Waals surface area contributed by atoms with Crippen LogP contribution in [0.5, 0.6) is 0 Å². The Bertz CT molecular complexity index is 875. The molecule has 2 aromatic rings. The lowest BCUT2D eigenvalue weighted by Gasteiger charge is -2.40. The smallest absolute Gasteiger partial charge is 0.254 e. The van der Waals surface area contributed by atoms with Crippen LogP contribution in [0, 0.1) is 18.3 Å². The Kier molecular flexibility index (Phi) is 4.19. The number of fused-ring (bicyclic) bond motifs is 1. The van der Waals surface area contributed by atoms with Crippen molar-refractivity contribution in [3.05, 3.63) is 41.6 Å². The summed E-state index contributed by atoms with van der Waals surface area (Å²) in [7, 11) is 0. The van der Waals surface area contributed by atoms with Gasteiger partial charge in [-0.2, -0.15) is 0 Å². The zero-order chi connectivity index (χ0) is 18.4. The first-order valence-corrected chi connectivity index (χ1v) is 10.5. The van der Waals surface area contributed by atoms with Crippen molar-refractivity contribution in [1.29, 1.82) is 0 Å². The van der Waals surface area contributed by atoms with Crippen LogP contribution in [0.3, 0.4) is 0 Å². The number of piperidine rings is 1. The van der Waals surface area contributed by atoms with Crippen LogP contribution in [0.15, 0.2) is 30.5 Å². The molecule has 4 heteroatoms. The lowest BCUT2D eigenvalue weighted by atomic mass is 9.79. The van der Waals surface area contributed by atoms with E-state index < -0.39 is 0 Å². The number of amides is 1. The lowest BCUT2D eigenvalue weighted by molar-refractivity contribution is 0.0683. The van der Waals surface area contributed by atoms with Crippen LogP contribution in [0.4, 0.5) is 0 Å². The van der Waals surface area contributed by atoms with Gasteiger partial charge in [-0.1, -0.05) is 11.6 Å². The van der Waals surface area contributed by atoms with Crippen molar-refractivity contribution in [3.63, 3.8) is 0 Å². The van der Waals surface area contributed by atoms with E-state index in [1.54, 1.807) is 6.20 Å². The molecule has 1 saturated carbocycles. The van der Waals surface area contributed by atoms with Crippen molar-refractivity contribution in [3.8, 4) is 0 Å². The SMILES string of the molecule is Cc1ccc2nccc(C(=O)N3CCC4(CCCN(CC5CC5)C4)C3)c2c1. The maximum Gasteiger partial charge on any atom is 0.254 e. The van der Waals surface area contributed by atoms with Crippen molar-refractivity contribution in [1.82, 2.24) is 14.8 Å². The summed E-state index contributed by atoms with van der Waals surface area (Å²) in [5.41, 5.74) is 3.21. The van der Waals surface area contributed by atoms with E-state index in [0.717, 1.165) is 41.9 Å². The van der Waals surface area contributed by atoms with Gasteiger partial charge in [0.25, 0.3) is 5.91 Å². The number of likely N-dealkylation sites (tertiary alicyclic amines) is 2. The lowest BCUT2D eigenvalue weighted by Crippen LogP contribution is -2.46. The second-order valence-corrected chi connectivity index (χ2v) is 9.14. The van der Waals surface area contributed by atoms with E-state index in [4.69, 9.17) is 0 Å². The fourth-order valence-corrected chi connectivity index (χ4v) is 5.19. The summed E-state index contributed by atoms with van der Waals surface area (Å²) in [6.07, 6.45) is 8.32. The summed E-state index contributed by atoms with van der Waals surface area (Å²) in [4.78, 5) is 22.6. The summed E-state index contributed by atoms with van der Waals surface area (Å²) >= 11 is 0. The number of benzene rings is 1. The van der Waals surface area contributed by atoms with E-state index >= 15 is 0 Å². The molecule has 2 saturated heterocycles. The molecule has 1 unspecified atom stereocenters. The van der Waals surface area contributed by atoms with Gasteiger partial charge >= 0.3 is 0 Å². The summed E-state index contributed by atoms with van der Waals surface area (Å²) < 4.78 is 0. The fraction of sp³-hybridized carbons (Fsp3) is 0.565. The van der Waals surface area contributed by atoms with Gasteiger partial charge < -0.3 is 9.80 Å². The Labute approximate surface area is 161 Å². The van der Waals surface area contributed by atoms with Crippen molar-refractivity contribution in [2.24, 2.45) is 11.3 Å². The summed E-state index contributed by atoms with van der Waals surface area (Å²) in [6, 6.07) is 8.07. The number of aryl methyl sites for hydroxylation is 1. The molecule has 0 bridgehead atoms. The Morgan fingerprint density at radius 3 is 2.93 bits per heavy atom. The standard InChI is InChI=1S/C23H29N3O/c1-17-3-6-21-20(13-17)19(7-10-24-21)22(27)26-12-9-23(16-26)8-2-11-25(15-23)14-18-4-5-18/h3,6-7,10,13,18H,2,4-5,8-9,11-12,14-16H2,1H3. The zero-order valence-corrected chi connectivity index (χ0v) is 16.3. The van der Waals surface area contributed by atoms with Crippen LogP contribution in [0.1, 0.15) is 48.0 Å². The van der Waals surface area contributed by atoms with E-state index in [1.807, 2.05) is 12.1 Å². The van der Waals surface area contributed by atoms with E-state index in [2.05, 4.69) is 33.8 Å².